The molecule has 0 aromatic heterocycles. The van der Waals surface area contributed by atoms with Crippen LogP contribution in [-0.2, 0) is 23.0 Å². The molecule has 1 amide bonds. The van der Waals surface area contributed by atoms with Crippen LogP contribution in [0.3, 0.4) is 0 Å². The van der Waals surface area contributed by atoms with Gasteiger partial charge in [0.25, 0.3) is 5.91 Å². The Hall–Kier alpha value is -3.18. The van der Waals surface area contributed by atoms with Crippen LogP contribution in [0.5, 0.6) is 28.7 Å². The van der Waals surface area contributed by atoms with Gasteiger partial charge in [0, 0.05) is 20.1 Å². The van der Waals surface area contributed by atoms with Crippen LogP contribution >= 0.6 is 0 Å². The molecule has 2 aromatic carbocycles. The van der Waals surface area contributed by atoms with Gasteiger partial charge in [-0.15, -0.1) is 0 Å². The smallest absolute Gasteiger partial charge is 0.257 e. The van der Waals surface area contributed by atoms with E-state index < -0.39 is 10.0 Å². The lowest BCUT2D eigenvalue weighted by molar-refractivity contribution is 0.0775. The number of benzene rings is 2. The van der Waals surface area contributed by atoms with Crippen LogP contribution in [0.1, 0.15) is 21.5 Å². The predicted molar refractivity (Wildman–Crippen MR) is 106 cm³/mol. The first-order chi connectivity index (χ1) is 14.9. The number of nitrogens with zero attached hydrogens (tertiary/aromatic N) is 1. The SMILES string of the molecule is COc1c2c(c(S(=O)(=O)NCc3ccc4c(c3)OCO4)c3c1C(=O)N(C)CC3)OCO2. The van der Waals surface area contributed by atoms with E-state index in [-0.39, 0.29) is 53.7 Å². The highest BCUT2D eigenvalue weighted by atomic mass is 32.2. The van der Waals surface area contributed by atoms with Gasteiger partial charge in [-0.2, -0.15) is 0 Å². The fourth-order valence-corrected chi connectivity index (χ4v) is 5.36. The lowest BCUT2D eigenvalue weighted by Crippen LogP contribution is -2.36. The van der Waals surface area contributed by atoms with E-state index in [9.17, 15) is 13.2 Å². The lowest BCUT2D eigenvalue weighted by Gasteiger charge is -2.28. The molecule has 0 fully saturated rings. The molecule has 0 saturated heterocycles. The largest absolute Gasteiger partial charge is 0.492 e. The summed E-state index contributed by atoms with van der Waals surface area (Å²) in [5.74, 6) is 1.21. The third-order valence-corrected chi connectivity index (χ3v) is 6.96. The second-order valence-electron chi connectivity index (χ2n) is 7.27. The summed E-state index contributed by atoms with van der Waals surface area (Å²) in [5.41, 5.74) is 1.24. The molecular weight excluding hydrogens is 428 g/mol. The van der Waals surface area contributed by atoms with Gasteiger partial charge in [0.2, 0.25) is 29.4 Å². The van der Waals surface area contributed by atoms with E-state index in [1.165, 1.54) is 12.0 Å². The van der Waals surface area contributed by atoms with E-state index >= 15 is 0 Å². The monoisotopic (exact) mass is 448 g/mol. The van der Waals surface area contributed by atoms with Crippen LogP contribution in [-0.4, -0.2) is 53.5 Å². The van der Waals surface area contributed by atoms with Crippen molar-refractivity contribution in [1.82, 2.24) is 9.62 Å². The number of ether oxygens (including phenoxy) is 5. The van der Waals surface area contributed by atoms with Crippen molar-refractivity contribution in [3.8, 4) is 28.7 Å². The summed E-state index contributed by atoms with van der Waals surface area (Å²) in [6, 6.07) is 5.20. The Balaban J connectivity index is 1.56. The minimum Gasteiger partial charge on any atom is -0.492 e. The van der Waals surface area contributed by atoms with Gasteiger partial charge in [-0.25, -0.2) is 13.1 Å². The van der Waals surface area contributed by atoms with Crippen molar-refractivity contribution < 1.29 is 36.9 Å². The highest BCUT2D eigenvalue weighted by molar-refractivity contribution is 7.89. The number of carbonyl (C=O) groups is 1. The summed E-state index contributed by atoms with van der Waals surface area (Å²) in [6.45, 7) is 0.361. The maximum Gasteiger partial charge on any atom is 0.257 e. The molecule has 5 rings (SSSR count). The third-order valence-electron chi connectivity index (χ3n) is 5.46. The molecular formula is C20H20N2O8S. The molecule has 3 heterocycles. The number of hydrogen-bond donors (Lipinski definition) is 1. The Labute approximate surface area is 178 Å². The average Bonchev–Trinajstić information content (AvgIpc) is 3.42. The van der Waals surface area contributed by atoms with E-state index in [1.807, 2.05) is 0 Å². The van der Waals surface area contributed by atoms with Crippen LogP contribution in [0.4, 0.5) is 0 Å². The number of rotatable bonds is 5. The minimum atomic E-state index is -4.06. The zero-order chi connectivity index (χ0) is 21.8. The number of likely N-dealkylation sites (N-methyl/N-ethyl adjacent to an activating group) is 1. The third kappa shape index (κ3) is 3.12. The van der Waals surface area contributed by atoms with Gasteiger partial charge in [-0.1, -0.05) is 6.07 Å². The van der Waals surface area contributed by atoms with Crippen molar-refractivity contribution in [3.05, 3.63) is 34.9 Å². The van der Waals surface area contributed by atoms with Crippen molar-refractivity contribution in [2.24, 2.45) is 0 Å². The molecule has 3 aliphatic rings. The zero-order valence-electron chi connectivity index (χ0n) is 16.9. The van der Waals surface area contributed by atoms with Gasteiger partial charge < -0.3 is 28.6 Å². The summed E-state index contributed by atoms with van der Waals surface area (Å²) in [4.78, 5) is 14.3. The average molecular weight is 448 g/mol. The van der Waals surface area contributed by atoms with E-state index in [2.05, 4.69) is 4.72 Å². The molecule has 1 N–H and O–H groups in total. The van der Waals surface area contributed by atoms with Gasteiger partial charge >= 0.3 is 0 Å². The van der Waals surface area contributed by atoms with Crippen molar-refractivity contribution in [2.45, 2.75) is 17.9 Å². The number of hydrogen-bond acceptors (Lipinski definition) is 8. The van der Waals surface area contributed by atoms with Gasteiger partial charge in [0.05, 0.1) is 12.7 Å². The Morgan fingerprint density at radius 3 is 2.65 bits per heavy atom. The van der Waals surface area contributed by atoms with E-state index in [0.29, 0.717) is 35.6 Å². The first kappa shape index (κ1) is 19.8. The van der Waals surface area contributed by atoms with Gasteiger partial charge in [-0.05, 0) is 29.7 Å². The quantitative estimate of drug-likeness (QED) is 0.728. The number of sulfonamides is 1. The Kier molecular flexibility index (Phi) is 4.59. The molecule has 31 heavy (non-hydrogen) atoms. The van der Waals surface area contributed by atoms with Crippen LogP contribution < -0.4 is 28.4 Å². The minimum absolute atomic E-state index is 0.0171. The molecule has 0 aliphatic carbocycles. The fourth-order valence-electron chi connectivity index (χ4n) is 3.93. The van der Waals surface area contributed by atoms with E-state index in [4.69, 9.17) is 23.7 Å². The number of amides is 1. The number of methoxy groups -OCH3 is 1. The van der Waals surface area contributed by atoms with Crippen molar-refractivity contribution in [3.63, 3.8) is 0 Å². The number of nitrogens with one attached hydrogen (secondary N) is 1. The van der Waals surface area contributed by atoms with Crippen LogP contribution in [0.15, 0.2) is 23.1 Å². The van der Waals surface area contributed by atoms with Crippen LogP contribution in [0.2, 0.25) is 0 Å². The van der Waals surface area contributed by atoms with Gasteiger partial charge in [0.1, 0.15) is 4.90 Å². The topological polar surface area (TPSA) is 113 Å². The molecule has 0 radical (unpaired) electrons. The molecule has 0 saturated carbocycles. The van der Waals surface area contributed by atoms with Crippen molar-refractivity contribution in [1.29, 1.82) is 0 Å². The first-order valence-electron chi connectivity index (χ1n) is 9.57. The standard InChI is InChI=1S/C20H20N2O8S/c1-22-6-5-12-15(20(22)23)16(26-2)17-18(30-10-29-17)19(12)31(24,25)21-8-11-3-4-13-14(7-11)28-9-27-13/h3-4,7,21H,5-6,8-10H2,1-2H3. The molecule has 164 valence electrons. The molecule has 0 unspecified atom stereocenters. The molecule has 0 spiro atoms. The molecule has 3 aliphatic heterocycles. The second kappa shape index (κ2) is 7.20. The maximum atomic E-state index is 13.4. The predicted octanol–water partition coefficient (Wildman–Crippen LogP) is 1.26. The molecule has 0 bridgehead atoms. The molecule has 2 aromatic rings. The van der Waals surface area contributed by atoms with Crippen LogP contribution in [0.25, 0.3) is 0 Å². The Bertz CT molecular complexity index is 1190. The first-order valence-corrected chi connectivity index (χ1v) is 11.0. The summed E-state index contributed by atoms with van der Waals surface area (Å²) in [7, 11) is -0.996. The highest BCUT2D eigenvalue weighted by Gasteiger charge is 2.40. The summed E-state index contributed by atoms with van der Waals surface area (Å²) in [5, 5.41) is 0. The molecule has 0 atom stereocenters. The summed E-state index contributed by atoms with van der Waals surface area (Å²) in [6.07, 6.45) is 0.338. The van der Waals surface area contributed by atoms with Gasteiger partial charge in [0.15, 0.2) is 23.0 Å². The van der Waals surface area contributed by atoms with Gasteiger partial charge in [-0.3, -0.25) is 4.79 Å². The molecule has 11 heteroatoms. The van der Waals surface area contributed by atoms with E-state index in [1.54, 1.807) is 25.2 Å². The lowest BCUT2D eigenvalue weighted by atomic mass is 9.97. The number of carbonyl (C=O) groups excluding carboxylic acids is 1. The molecule has 10 nitrogen and oxygen atoms in total. The Morgan fingerprint density at radius 2 is 1.84 bits per heavy atom. The normalized spacial score (nSPS) is 16.5. The van der Waals surface area contributed by atoms with E-state index in [0.717, 1.165) is 0 Å². The van der Waals surface area contributed by atoms with Crippen LogP contribution in [0, 0.1) is 0 Å². The number of fused-ring (bicyclic) bond motifs is 3. The van der Waals surface area contributed by atoms with Crippen molar-refractivity contribution >= 4 is 15.9 Å². The zero-order valence-corrected chi connectivity index (χ0v) is 17.7. The Morgan fingerprint density at radius 1 is 1.10 bits per heavy atom. The summed E-state index contributed by atoms with van der Waals surface area (Å²) >= 11 is 0. The second-order valence-corrected chi connectivity index (χ2v) is 8.97. The highest BCUT2D eigenvalue weighted by Crippen LogP contribution is 2.51. The fraction of sp³-hybridized carbons (Fsp3) is 0.350. The maximum absolute atomic E-state index is 13.4. The summed E-state index contributed by atoms with van der Waals surface area (Å²) < 4.78 is 56.4. The van der Waals surface area contributed by atoms with Crippen molar-refractivity contribution in [2.75, 3.05) is 34.3 Å².